The van der Waals surface area contributed by atoms with Crippen LogP contribution in [0.25, 0.3) is 0 Å². The number of hydrogen-bond acceptors (Lipinski definition) is 6. The molecule has 3 aliphatic heterocycles. The molecule has 1 N–H and O–H groups in total. The molecule has 0 bridgehead atoms. The molecule has 3 aliphatic carbocycles. The van der Waals surface area contributed by atoms with Crippen LogP contribution in [0.1, 0.15) is 124 Å². The molecule has 7 nitrogen and oxygen atoms in total. The Labute approximate surface area is 252 Å². The minimum Gasteiger partial charge on any atom is -0.444 e. The first kappa shape index (κ1) is 33.2. The summed E-state index contributed by atoms with van der Waals surface area (Å²) in [4.78, 5) is 16.6. The molecule has 0 radical (unpaired) electrons. The van der Waals surface area contributed by atoms with Crippen LogP contribution in [0, 0.1) is 0 Å². The van der Waals surface area contributed by atoms with Gasteiger partial charge in [-0.05, 0) is 125 Å². The van der Waals surface area contributed by atoms with Gasteiger partial charge in [0.1, 0.15) is 5.60 Å². The third-order valence-corrected chi connectivity index (χ3v) is 10.7. The second-order valence-corrected chi connectivity index (χ2v) is 20.1. The molecule has 8 heteroatoms. The molecule has 0 aromatic heterocycles. The summed E-state index contributed by atoms with van der Waals surface area (Å²) in [5.74, 6) is -0.154. The normalized spacial score (nSPS) is 26.7. The number of carbonyl (C=O) groups excluding carboxylic acids is 1. The summed E-state index contributed by atoms with van der Waals surface area (Å²) in [6.45, 7) is 19.3. The highest BCUT2D eigenvalue weighted by Crippen LogP contribution is 2.47. The molecule has 238 valence electrons. The monoisotopic (exact) mass is 593 g/mol. The SMILES string of the molecule is C1CCC2(CC1)CCCN2C1CC1.CC(C)(C)OC(=O)N1CCC2(CCCN2)CC1.CCOC1(O[Si](C)(C)C)CC1. The van der Waals surface area contributed by atoms with Crippen LogP contribution in [0.5, 0.6) is 0 Å². The first-order valence-electron chi connectivity index (χ1n) is 17.1. The molecule has 0 aromatic carbocycles. The first-order valence-corrected chi connectivity index (χ1v) is 20.5. The van der Waals surface area contributed by atoms with Crippen molar-refractivity contribution in [2.45, 2.75) is 172 Å². The number of likely N-dealkylation sites (tertiary alicyclic amines) is 2. The fourth-order valence-corrected chi connectivity index (χ4v) is 8.98. The molecular formula is C33H63N3O4Si. The summed E-state index contributed by atoms with van der Waals surface area (Å²) >= 11 is 0. The summed E-state index contributed by atoms with van der Waals surface area (Å²) in [7, 11) is -1.39. The average molecular weight is 594 g/mol. The van der Waals surface area contributed by atoms with E-state index < -0.39 is 13.9 Å². The maximum atomic E-state index is 11.9. The number of nitrogens with one attached hydrogen (secondary N) is 1. The van der Waals surface area contributed by atoms with Crippen LogP contribution in [0.15, 0.2) is 0 Å². The minimum atomic E-state index is -1.39. The third-order valence-electron chi connectivity index (χ3n) is 9.68. The van der Waals surface area contributed by atoms with Crippen molar-refractivity contribution in [1.82, 2.24) is 15.1 Å². The highest BCUT2D eigenvalue weighted by Gasteiger charge is 2.48. The van der Waals surface area contributed by atoms with Gasteiger partial charge in [0.05, 0.1) is 0 Å². The lowest BCUT2D eigenvalue weighted by atomic mass is 9.79. The summed E-state index contributed by atoms with van der Waals surface area (Å²) in [5, 5.41) is 3.60. The van der Waals surface area contributed by atoms with Crippen LogP contribution in [0.4, 0.5) is 4.79 Å². The Balaban J connectivity index is 0.000000145. The van der Waals surface area contributed by atoms with E-state index in [-0.39, 0.29) is 11.9 Å². The van der Waals surface area contributed by atoms with Gasteiger partial charge in [-0.2, -0.15) is 0 Å². The second-order valence-electron chi connectivity index (χ2n) is 15.6. The summed E-state index contributed by atoms with van der Waals surface area (Å²) < 4.78 is 16.8. The standard InChI is InChI=1S/C13H24N2O2.C12H21N.C8H18O2Si/c1-12(2,3)17-11(16)15-9-6-13(7-10-15)5-4-8-14-13;1-2-7-12(8-3-1)9-4-10-13(12)11-5-6-11;1-5-9-8(6-7-8)10-11(2,3)4/h14H,4-10H2,1-3H3;11H,1-10H2;5-7H2,1-4H3. The zero-order valence-electron chi connectivity index (χ0n) is 27.7. The van der Waals surface area contributed by atoms with Crippen molar-refractivity contribution in [2.24, 2.45) is 0 Å². The molecule has 2 spiro atoms. The molecule has 1 amide bonds. The zero-order chi connectivity index (χ0) is 29.8. The van der Waals surface area contributed by atoms with Gasteiger partial charge in [-0.3, -0.25) is 4.90 Å². The molecular weight excluding hydrogens is 530 g/mol. The van der Waals surface area contributed by atoms with Gasteiger partial charge in [0.15, 0.2) is 14.1 Å². The highest BCUT2D eigenvalue weighted by atomic mass is 28.4. The molecule has 6 fully saturated rings. The van der Waals surface area contributed by atoms with Crippen LogP contribution in [-0.2, 0) is 13.9 Å². The van der Waals surface area contributed by atoms with Crippen LogP contribution in [0.2, 0.25) is 19.6 Å². The van der Waals surface area contributed by atoms with Gasteiger partial charge in [-0.25, -0.2) is 4.79 Å². The van der Waals surface area contributed by atoms with Crippen LogP contribution in [0.3, 0.4) is 0 Å². The van der Waals surface area contributed by atoms with E-state index in [0.29, 0.717) is 11.1 Å². The second kappa shape index (κ2) is 13.5. The van der Waals surface area contributed by atoms with Crippen molar-refractivity contribution in [2.75, 3.05) is 32.8 Å². The Hall–Kier alpha value is -0.673. The fraction of sp³-hybridized carbons (Fsp3) is 0.970. The zero-order valence-corrected chi connectivity index (χ0v) is 28.7. The van der Waals surface area contributed by atoms with E-state index >= 15 is 0 Å². The number of hydrogen-bond donors (Lipinski definition) is 1. The van der Waals surface area contributed by atoms with Crippen molar-refractivity contribution in [3.63, 3.8) is 0 Å². The molecule has 3 saturated carbocycles. The van der Waals surface area contributed by atoms with Crippen molar-refractivity contribution in [3.8, 4) is 0 Å². The average Bonchev–Trinajstić information content (AvgIpc) is 3.79. The predicted molar refractivity (Wildman–Crippen MR) is 170 cm³/mol. The van der Waals surface area contributed by atoms with Crippen LogP contribution >= 0.6 is 0 Å². The van der Waals surface area contributed by atoms with E-state index in [9.17, 15) is 4.79 Å². The van der Waals surface area contributed by atoms with Gasteiger partial charge in [-0.15, -0.1) is 0 Å². The third kappa shape index (κ3) is 9.92. The van der Waals surface area contributed by atoms with Crippen molar-refractivity contribution < 1.29 is 18.7 Å². The smallest absolute Gasteiger partial charge is 0.410 e. The van der Waals surface area contributed by atoms with Gasteiger partial charge in [0.25, 0.3) is 0 Å². The van der Waals surface area contributed by atoms with Crippen molar-refractivity contribution in [1.29, 1.82) is 0 Å². The molecule has 0 unspecified atom stereocenters. The molecule has 6 rings (SSSR count). The minimum absolute atomic E-state index is 0.154. The maximum absolute atomic E-state index is 11.9. The summed E-state index contributed by atoms with van der Waals surface area (Å²) in [5.41, 5.74) is 0.635. The van der Waals surface area contributed by atoms with E-state index in [0.717, 1.165) is 58.0 Å². The molecule has 0 atom stereocenters. The Kier molecular flexibility index (Phi) is 11.0. The van der Waals surface area contributed by atoms with Crippen molar-refractivity contribution in [3.05, 3.63) is 0 Å². The lowest BCUT2D eigenvalue weighted by Crippen LogP contribution is -2.52. The van der Waals surface area contributed by atoms with Gasteiger partial charge in [-0.1, -0.05) is 19.3 Å². The topological polar surface area (TPSA) is 63.3 Å². The highest BCUT2D eigenvalue weighted by molar-refractivity contribution is 6.69. The maximum Gasteiger partial charge on any atom is 0.410 e. The number of amides is 1. The first-order chi connectivity index (χ1) is 19.3. The number of ether oxygens (including phenoxy) is 2. The van der Waals surface area contributed by atoms with E-state index in [1.807, 2.05) is 32.6 Å². The lowest BCUT2D eigenvalue weighted by Gasteiger charge is -2.42. The number of carbonyl (C=O) groups is 1. The largest absolute Gasteiger partial charge is 0.444 e. The van der Waals surface area contributed by atoms with Gasteiger partial charge >= 0.3 is 6.09 Å². The van der Waals surface area contributed by atoms with Crippen LogP contribution in [-0.4, -0.2) is 85.5 Å². The Morgan fingerprint density at radius 3 is 1.98 bits per heavy atom. The number of rotatable bonds is 5. The molecule has 0 aromatic rings. The molecule has 41 heavy (non-hydrogen) atoms. The molecule has 3 heterocycles. The number of piperidine rings is 1. The van der Waals surface area contributed by atoms with Gasteiger partial charge in [0.2, 0.25) is 0 Å². The quantitative estimate of drug-likeness (QED) is 0.264. The summed E-state index contributed by atoms with van der Waals surface area (Å²) in [6, 6.07) is 1.01. The molecule has 3 saturated heterocycles. The number of nitrogens with zero attached hydrogens (tertiary/aromatic N) is 2. The predicted octanol–water partition coefficient (Wildman–Crippen LogP) is 7.45. The molecule has 6 aliphatic rings. The van der Waals surface area contributed by atoms with E-state index in [2.05, 4.69) is 29.9 Å². The van der Waals surface area contributed by atoms with Crippen LogP contribution < -0.4 is 5.32 Å². The van der Waals surface area contributed by atoms with E-state index in [1.165, 1.54) is 77.2 Å². The summed E-state index contributed by atoms with van der Waals surface area (Å²) in [6.07, 6.45) is 20.2. The van der Waals surface area contributed by atoms with Gasteiger partial charge in [0, 0.05) is 49.7 Å². The Morgan fingerprint density at radius 1 is 0.854 bits per heavy atom. The Morgan fingerprint density at radius 2 is 1.49 bits per heavy atom. The van der Waals surface area contributed by atoms with E-state index in [4.69, 9.17) is 13.9 Å². The van der Waals surface area contributed by atoms with Crippen molar-refractivity contribution >= 4 is 14.4 Å². The fourth-order valence-electron chi connectivity index (χ4n) is 7.60. The van der Waals surface area contributed by atoms with Gasteiger partial charge < -0.3 is 24.1 Å². The van der Waals surface area contributed by atoms with E-state index in [1.54, 1.807) is 0 Å². The Bertz CT molecular complexity index is 824. The lowest BCUT2D eigenvalue weighted by molar-refractivity contribution is -0.106.